The number of ether oxygens (including phenoxy) is 1. The van der Waals surface area contributed by atoms with Crippen molar-refractivity contribution in [1.29, 1.82) is 0 Å². The topological polar surface area (TPSA) is 42.0 Å². The Balaban J connectivity index is 1.47. The number of H-pyrrole nitrogens is 1. The van der Waals surface area contributed by atoms with Crippen LogP contribution in [0.2, 0.25) is 0 Å². The van der Waals surface area contributed by atoms with E-state index in [0.29, 0.717) is 6.61 Å². The fourth-order valence-electron chi connectivity index (χ4n) is 2.54. The predicted octanol–water partition coefficient (Wildman–Crippen LogP) is 3.39. The maximum atomic E-state index is 5.84. The Morgan fingerprint density at radius 2 is 1.70 bits per heavy atom. The summed E-state index contributed by atoms with van der Waals surface area (Å²) in [6.07, 6.45) is 5.70. The summed E-state index contributed by atoms with van der Waals surface area (Å²) in [6.45, 7) is 0.480. The van der Waals surface area contributed by atoms with Gasteiger partial charge >= 0.3 is 5.78 Å². The lowest BCUT2D eigenvalue weighted by atomic mass is 10.1. The van der Waals surface area contributed by atoms with E-state index in [2.05, 4.69) is 34.2 Å². The van der Waals surface area contributed by atoms with Gasteiger partial charge in [0.05, 0.1) is 6.20 Å². The summed E-state index contributed by atoms with van der Waals surface area (Å²) in [4.78, 5) is 7.48. The van der Waals surface area contributed by atoms with Crippen LogP contribution in [-0.4, -0.2) is 9.97 Å². The fourth-order valence-corrected chi connectivity index (χ4v) is 2.54. The molecular weight excluding hydrogens is 286 g/mol. The number of hydrogen-bond acceptors (Lipinski definition) is 2. The SMILES string of the molecule is c1ccc(-c2ccc(OCc3c[n+]4cccnc4[nH]3)cc2)cc1. The lowest BCUT2D eigenvalue weighted by Crippen LogP contribution is -2.17. The normalized spacial score (nSPS) is 10.8. The van der Waals surface area contributed by atoms with Crippen molar-refractivity contribution >= 4 is 5.78 Å². The average molecular weight is 302 g/mol. The summed E-state index contributed by atoms with van der Waals surface area (Å²) in [7, 11) is 0. The molecule has 23 heavy (non-hydrogen) atoms. The van der Waals surface area contributed by atoms with E-state index in [-0.39, 0.29) is 0 Å². The highest BCUT2D eigenvalue weighted by Gasteiger charge is 2.08. The number of nitrogens with zero attached hydrogens (tertiary/aromatic N) is 2. The van der Waals surface area contributed by atoms with Crippen LogP contribution < -0.4 is 9.14 Å². The maximum absolute atomic E-state index is 5.84. The van der Waals surface area contributed by atoms with Crippen LogP contribution in [0, 0.1) is 0 Å². The number of nitrogens with one attached hydrogen (secondary N) is 1. The van der Waals surface area contributed by atoms with E-state index in [1.54, 1.807) is 6.20 Å². The number of hydrogen-bond donors (Lipinski definition) is 1. The van der Waals surface area contributed by atoms with Crippen LogP contribution in [0.15, 0.2) is 79.3 Å². The molecule has 1 N–H and O–H groups in total. The summed E-state index contributed by atoms with van der Waals surface area (Å²) in [5, 5.41) is 0. The second kappa shape index (κ2) is 5.93. The Labute approximate surface area is 134 Å². The van der Waals surface area contributed by atoms with Crippen LogP contribution in [0.5, 0.6) is 5.75 Å². The molecule has 4 nitrogen and oxygen atoms in total. The largest absolute Gasteiger partial charge is 0.486 e. The van der Waals surface area contributed by atoms with Gasteiger partial charge in [0.25, 0.3) is 0 Å². The highest BCUT2D eigenvalue weighted by Crippen LogP contribution is 2.22. The van der Waals surface area contributed by atoms with E-state index in [4.69, 9.17) is 4.74 Å². The van der Waals surface area contributed by atoms with E-state index in [1.165, 1.54) is 11.1 Å². The molecule has 0 spiro atoms. The minimum atomic E-state index is 0.480. The standard InChI is InChI=1S/C19H15N3O/c1-2-5-15(6-3-1)16-7-9-18(10-8-16)23-14-17-13-22-12-4-11-20-19(22)21-17/h1-13H,14H2/p+1. The van der Waals surface area contributed by atoms with Crippen molar-refractivity contribution in [1.82, 2.24) is 9.97 Å². The van der Waals surface area contributed by atoms with E-state index in [9.17, 15) is 0 Å². The molecule has 2 heterocycles. The minimum Gasteiger partial charge on any atom is -0.486 e. The number of rotatable bonds is 4. The van der Waals surface area contributed by atoms with E-state index in [1.807, 2.05) is 53.2 Å². The van der Waals surface area contributed by atoms with Crippen LogP contribution in [0.25, 0.3) is 16.9 Å². The van der Waals surface area contributed by atoms with Crippen molar-refractivity contribution in [2.45, 2.75) is 6.61 Å². The quantitative estimate of drug-likeness (QED) is 0.587. The fraction of sp³-hybridized carbons (Fsp3) is 0.0526. The van der Waals surface area contributed by atoms with Gasteiger partial charge < -0.3 is 4.74 Å². The van der Waals surface area contributed by atoms with Gasteiger partial charge in [-0.2, -0.15) is 0 Å². The zero-order valence-corrected chi connectivity index (χ0v) is 12.5. The molecule has 0 aliphatic carbocycles. The predicted molar refractivity (Wildman–Crippen MR) is 88.0 cm³/mol. The van der Waals surface area contributed by atoms with E-state index < -0.39 is 0 Å². The molecule has 0 radical (unpaired) electrons. The molecule has 4 rings (SSSR count). The van der Waals surface area contributed by atoms with E-state index >= 15 is 0 Å². The van der Waals surface area contributed by atoms with Crippen molar-refractivity contribution < 1.29 is 9.14 Å². The maximum Gasteiger partial charge on any atom is 0.401 e. The second-order valence-electron chi connectivity index (χ2n) is 5.31. The molecule has 0 atom stereocenters. The van der Waals surface area contributed by atoms with Crippen LogP contribution >= 0.6 is 0 Å². The van der Waals surface area contributed by atoms with Crippen molar-refractivity contribution in [3.8, 4) is 16.9 Å². The monoisotopic (exact) mass is 302 g/mol. The number of imidazole rings is 1. The molecule has 0 aliphatic heterocycles. The molecule has 4 aromatic rings. The first-order valence-electron chi connectivity index (χ1n) is 7.51. The minimum absolute atomic E-state index is 0.480. The molecule has 2 aromatic heterocycles. The first kappa shape index (κ1) is 13.5. The first-order chi connectivity index (χ1) is 11.4. The summed E-state index contributed by atoms with van der Waals surface area (Å²) < 4.78 is 7.78. The smallest absolute Gasteiger partial charge is 0.401 e. The van der Waals surface area contributed by atoms with Gasteiger partial charge in [0.15, 0.2) is 0 Å². The third-order valence-electron chi connectivity index (χ3n) is 3.70. The molecule has 0 bridgehead atoms. The Bertz CT molecular complexity index is 881. The number of fused-ring (bicyclic) bond motifs is 1. The van der Waals surface area contributed by atoms with Gasteiger partial charge in [-0.05, 0) is 23.3 Å². The van der Waals surface area contributed by atoms with Crippen LogP contribution in [0.3, 0.4) is 0 Å². The molecular formula is C19H16N3O+. The summed E-state index contributed by atoms with van der Waals surface area (Å²) in [5.74, 6) is 1.66. The van der Waals surface area contributed by atoms with Gasteiger partial charge in [-0.3, -0.25) is 0 Å². The van der Waals surface area contributed by atoms with Crippen molar-refractivity contribution in [3.05, 3.63) is 84.9 Å². The van der Waals surface area contributed by atoms with Crippen LogP contribution in [-0.2, 0) is 6.61 Å². The molecule has 0 aliphatic rings. The van der Waals surface area contributed by atoms with Crippen molar-refractivity contribution in [2.75, 3.05) is 0 Å². The van der Waals surface area contributed by atoms with Crippen LogP contribution in [0.4, 0.5) is 0 Å². The number of aromatic nitrogens is 3. The molecule has 112 valence electrons. The molecule has 0 unspecified atom stereocenters. The van der Waals surface area contributed by atoms with Gasteiger partial charge in [-0.1, -0.05) is 47.4 Å². The zero-order chi connectivity index (χ0) is 15.5. The van der Waals surface area contributed by atoms with Crippen molar-refractivity contribution in [3.63, 3.8) is 0 Å². The Kier molecular flexibility index (Phi) is 3.48. The Morgan fingerprint density at radius 1 is 0.913 bits per heavy atom. The molecule has 0 saturated carbocycles. The molecule has 0 saturated heterocycles. The molecule has 0 amide bonds. The Morgan fingerprint density at radius 3 is 2.48 bits per heavy atom. The Hall–Kier alpha value is -3.14. The highest BCUT2D eigenvalue weighted by molar-refractivity contribution is 5.63. The van der Waals surface area contributed by atoms with Crippen molar-refractivity contribution in [2.24, 2.45) is 0 Å². The summed E-state index contributed by atoms with van der Waals surface area (Å²) in [5.41, 5.74) is 3.37. The first-order valence-corrected chi connectivity index (χ1v) is 7.51. The highest BCUT2D eigenvalue weighted by atomic mass is 16.5. The third kappa shape index (κ3) is 2.92. The average Bonchev–Trinajstić information content (AvgIpc) is 3.04. The lowest BCUT2D eigenvalue weighted by molar-refractivity contribution is -0.513. The van der Waals surface area contributed by atoms with Gasteiger partial charge in [0, 0.05) is 6.07 Å². The molecule has 0 fully saturated rings. The number of aromatic amines is 1. The zero-order valence-electron chi connectivity index (χ0n) is 12.5. The summed E-state index contributed by atoms with van der Waals surface area (Å²) in [6, 6.07) is 20.4. The number of benzene rings is 2. The molecule has 4 heteroatoms. The van der Waals surface area contributed by atoms with Crippen LogP contribution in [0.1, 0.15) is 5.69 Å². The third-order valence-corrected chi connectivity index (χ3v) is 3.70. The van der Waals surface area contributed by atoms with Gasteiger partial charge in [-0.15, -0.1) is 0 Å². The summed E-state index contributed by atoms with van der Waals surface area (Å²) >= 11 is 0. The van der Waals surface area contributed by atoms with E-state index in [0.717, 1.165) is 17.2 Å². The van der Waals surface area contributed by atoms with Gasteiger partial charge in [0.1, 0.15) is 30.4 Å². The van der Waals surface area contributed by atoms with Gasteiger partial charge in [0.2, 0.25) is 0 Å². The molecule has 2 aromatic carbocycles. The van der Waals surface area contributed by atoms with Gasteiger partial charge in [-0.25, -0.2) is 9.38 Å². The lowest BCUT2D eigenvalue weighted by Gasteiger charge is -2.05. The second-order valence-corrected chi connectivity index (χ2v) is 5.31.